The predicted molar refractivity (Wildman–Crippen MR) is 78.8 cm³/mol. The maximum absolute atomic E-state index is 12.0. The van der Waals surface area contributed by atoms with Crippen LogP contribution >= 0.6 is 0 Å². The number of pyridine rings is 1. The number of anilines is 1. The van der Waals surface area contributed by atoms with Crippen molar-refractivity contribution in [1.29, 1.82) is 0 Å². The monoisotopic (exact) mass is 291 g/mol. The van der Waals surface area contributed by atoms with Gasteiger partial charge in [-0.05, 0) is 25.0 Å². The van der Waals surface area contributed by atoms with E-state index in [4.69, 9.17) is 4.74 Å². The lowest BCUT2D eigenvalue weighted by Crippen LogP contribution is -2.45. The molecule has 21 heavy (non-hydrogen) atoms. The molecule has 0 aliphatic heterocycles. The number of carbonyl (C=O) groups is 2. The Morgan fingerprint density at radius 1 is 1.29 bits per heavy atom. The second-order valence-electron chi connectivity index (χ2n) is 5.21. The average Bonchev–Trinajstić information content (AvgIpc) is 2.73. The Morgan fingerprint density at radius 3 is 2.81 bits per heavy atom. The van der Waals surface area contributed by atoms with Gasteiger partial charge in [-0.25, -0.2) is 4.79 Å². The summed E-state index contributed by atoms with van der Waals surface area (Å²) in [4.78, 5) is 27.9. The first-order chi connectivity index (χ1) is 10.2. The van der Waals surface area contributed by atoms with Crippen LogP contribution in [0.3, 0.4) is 0 Å². The standard InChI is InChI=1S/C15H21N3O3/c1-21-14(19)12-7-3-2-4-8-13(12)18-15(20)17-11-6-5-9-16-10-11/h5-6,9-10,12-13H,2-4,7-8H2,1H3,(H2,17,18,20)/t12-,13+/m1/s1. The van der Waals surface area contributed by atoms with E-state index in [2.05, 4.69) is 15.6 Å². The summed E-state index contributed by atoms with van der Waals surface area (Å²) in [7, 11) is 1.39. The molecule has 6 nitrogen and oxygen atoms in total. The molecule has 2 atom stereocenters. The molecule has 1 saturated carbocycles. The van der Waals surface area contributed by atoms with E-state index >= 15 is 0 Å². The Balaban J connectivity index is 1.97. The van der Waals surface area contributed by atoms with Gasteiger partial charge in [0.1, 0.15) is 0 Å². The number of ether oxygens (including phenoxy) is 1. The van der Waals surface area contributed by atoms with Crippen molar-refractivity contribution >= 4 is 17.7 Å². The summed E-state index contributed by atoms with van der Waals surface area (Å²) >= 11 is 0. The van der Waals surface area contributed by atoms with Crippen LogP contribution in [0, 0.1) is 5.92 Å². The van der Waals surface area contributed by atoms with Crippen LogP contribution in [0.2, 0.25) is 0 Å². The van der Waals surface area contributed by atoms with Crippen molar-refractivity contribution in [2.45, 2.75) is 38.1 Å². The highest BCUT2D eigenvalue weighted by atomic mass is 16.5. The normalized spacial score (nSPS) is 22.0. The highest BCUT2D eigenvalue weighted by molar-refractivity contribution is 5.89. The third kappa shape index (κ3) is 4.44. The molecule has 0 spiro atoms. The lowest BCUT2D eigenvalue weighted by molar-refractivity contribution is -0.146. The van der Waals surface area contributed by atoms with Gasteiger partial charge in [0.2, 0.25) is 0 Å². The van der Waals surface area contributed by atoms with Gasteiger partial charge in [0.05, 0.1) is 24.9 Å². The molecular weight excluding hydrogens is 270 g/mol. The van der Waals surface area contributed by atoms with Crippen LogP contribution < -0.4 is 10.6 Å². The van der Waals surface area contributed by atoms with Crippen LogP contribution in [0.1, 0.15) is 32.1 Å². The fraction of sp³-hybridized carbons (Fsp3) is 0.533. The fourth-order valence-electron chi connectivity index (χ4n) is 2.69. The van der Waals surface area contributed by atoms with Crippen LogP contribution in [0.15, 0.2) is 24.5 Å². The van der Waals surface area contributed by atoms with E-state index in [0.717, 1.165) is 32.1 Å². The van der Waals surface area contributed by atoms with Gasteiger partial charge < -0.3 is 15.4 Å². The maximum Gasteiger partial charge on any atom is 0.319 e. The zero-order valence-corrected chi connectivity index (χ0v) is 12.2. The summed E-state index contributed by atoms with van der Waals surface area (Å²) in [5.74, 6) is -0.513. The molecule has 1 fully saturated rings. The number of nitrogens with one attached hydrogen (secondary N) is 2. The first kappa shape index (κ1) is 15.3. The molecule has 2 amide bonds. The molecule has 0 bridgehead atoms. The second kappa shape index (κ2) is 7.61. The van der Waals surface area contributed by atoms with Gasteiger partial charge in [-0.15, -0.1) is 0 Å². The number of aromatic nitrogens is 1. The average molecular weight is 291 g/mol. The van der Waals surface area contributed by atoms with Crippen LogP contribution in [0.4, 0.5) is 10.5 Å². The van der Waals surface area contributed by atoms with Crippen molar-refractivity contribution in [1.82, 2.24) is 10.3 Å². The molecule has 0 unspecified atom stereocenters. The first-order valence-corrected chi connectivity index (χ1v) is 7.26. The number of amides is 2. The Kier molecular flexibility index (Phi) is 5.54. The van der Waals surface area contributed by atoms with Crippen molar-refractivity contribution in [2.75, 3.05) is 12.4 Å². The molecule has 1 aromatic heterocycles. The fourth-order valence-corrected chi connectivity index (χ4v) is 2.69. The molecule has 1 heterocycles. The number of hydrogen-bond acceptors (Lipinski definition) is 4. The van der Waals surface area contributed by atoms with Gasteiger partial charge >= 0.3 is 12.0 Å². The van der Waals surface area contributed by atoms with Gasteiger partial charge in [0.25, 0.3) is 0 Å². The number of esters is 1. The summed E-state index contributed by atoms with van der Waals surface area (Å²) in [6.07, 6.45) is 7.83. The molecule has 1 aliphatic carbocycles. The highest BCUT2D eigenvalue weighted by Gasteiger charge is 2.31. The summed E-state index contributed by atoms with van der Waals surface area (Å²) < 4.78 is 4.85. The van der Waals surface area contributed by atoms with E-state index in [1.807, 2.05) is 0 Å². The zero-order chi connectivity index (χ0) is 15.1. The van der Waals surface area contributed by atoms with E-state index in [0.29, 0.717) is 5.69 Å². The van der Waals surface area contributed by atoms with E-state index in [1.54, 1.807) is 24.5 Å². The molecule has 2 N–H and O–H groups in total. The lowest BCUT2D eigenvalue weighted by atomic mass is 9.95. The minimum Gasteiger partial charge on any atom is -0.469 e. The maximum atomic E-state index is 12.0. The van der Waals surface area contributed by atoms with E-state index < -0.39 is 0 Å². The molecule has 0 aromatic carbocycles. The number of rotatable bonds is 3. The molecule has 2 rings (SSSR count). The molecule has 0 radical (unpaired) electrons. The number of methoxy groups -OCH3 is 1. The van der Waals surface area contributed by atoms with Crippen molar-refractivity contribution in [3.8, 4) is 0 Å². The summed E-state index contributed by atoms with van der Waals surface area (Å²) in [5.41, 5.74) is 0.623. The van der Waals surface area contributed by atoms with Crippen LogP contribution in [0.5, 0.6) is 0 Å². The lowest BCUT2D eigenvalue weighted by Gasteiger charge is -2.24. The third-order valence-electron chi connectivity index (χ3n) is 3.76. The molecular formula is C15H21N3O3. The quantitative estimate of drug-likeness (QED) is 0.661. The van der Waals surface area contributed by atoms with E-state index in [9.17, 15) is 9.59 Å². The summed E-state index contributed by atoms with van der Waals surface area (Å²) in [5, 5.41) is 5.62. The van der Waals surface area contributed by atoms with E-state index in [-0.39, 0.29) is 24.0 Å². The first-order valence-electron chi connectivity index (χ1n) is 7.26. The van der Waals surface area contributed by atoms with Crippen molar-refractivity contribution < 1.29 is 14.3 Å². The smallest absolute Gasteiger partial charge is 0.319 e. The Morgan fingerprint density at radius 2 is 2.10 bits per heavy atom. The predicted octanol–water partition coefficient (Wildman–Crippen LogP) is 2.33. The Labute approximate surface area is 124 Å². The molecule has 114 valence electrons. The zero-order valence-electron chi connectivity index (χ0n) is 12.2. The SMILES string of the molecule is COC(=O)[C@@H]1CCCCC[C@@H]1NC(=O)Nc1cccnc1. The summed E-state index contributed by atoms with van der Waals surface area (Å²) in [6.45, 7) is 0. The molecule has 0 saturated heterocycles. The van der Waals surface area contributed by atoms with Crippen molar-refractivity contribution in [3.63, 3.8) is 0 Å². The highest BCUT2D eigenvalue weighted by Crippen LogP contribution is 2.24. The van der Waals surface area contributed by atoms with Crippen molar-refractivity contribution in [3.05, 3.63) is 24.5 Å². The molecule has 1 aliphatic rings. The van der Waals surface area contributed by atoms with E-state index in [1.165, 1.54) is 7.11 Å². The topological polar surface area (TPSA) is 80.3 Å². The third-order valence-corrected chi connectivity index (χ3v) is 3.76. The minimum atomic E-state index is -0.316. The number of carbonyl (C=O) groups excluding carboxylic acids is 2. The Hall–Kier alpha value is -2.11. The minimum absolute atomic E-state index is 0.184. The second-order valence-corrected chi connectivity index (χ2v) is 5.21. The van der Waals surface area contributed by atoms with Gasteiger partial charge in [0, 0.05) is 12.2 Å². The van der Waals surface area contributed by atoms with Gasteiger partial charge in [-0.2, -0.15) is 0 Å². The van der Waals surface area contributed by atoms with Crippen molar-refractivity contribution in [2.24, 2.45) is 5.92 Å². The molecule has 6 heteroatoms. The van der Waals surface area contributed by atoms with Gasteiger partial charge in [0.15, 0.2) is 0 Å². The van der Waals surface area contributed by atoms with Crippen LogP contribution in [0.25, 0.3) is 0 Å². The Bertz CT molecular complexity index is 478. The van der Waals surface area contributed by atoms with Crippen LogP contribution in [-0.2, 0) is 9.53 Å². The number of hydrogen-bond donors (Lipinski definition) is 2. The molecule has 1 aromatic rings. The largest absolute Gasteiger partial charge is 0.469 e. The van der Waals surface area contributed by atoms with Gasteiger partial charge in [-0.1, -0.05) is 19.3 Å². The van der Waals surface area contributed by atoms with Gasteiger partial charge in [-0.3, -0.25) is 9.78 Å². The number of nitrogens with zero attached hydrogens (tertiary/aromatic N) is 1. The van der Waals surface area contributed by atoms with Crippen LogP contribution in [-0.4, -0.2) is 30.1 Å². The number of urea groups is 1. The summed E-state index contributed by atoms with van der Waals surface area (Å²) in [6, 6.07) is 3.01.